The zero-order valence-corrected chi connectivity index (χ0v) is 19.0. The first kappa shape index (κ1) is 21.3. The van der Waals surface area contributed by atoms with Crippen molar-refractivity contribution in [2.75, 3.05) is 20.2 Å². The molecule has 3 rings (SSSR count). The third kappa shape index (κ3) is 4.62. The minimum atomic E-state index is -0.0986. The van der Waals surface area contributed by atoms with Crippen LogP contribution in [0.15, 0.2) is 52.6 Å². The highest BCUT2D eigenvalue weighted by atomic mass is 79.9. The molecule has 1 fully saturated rings. The first-order valence-corrected chi connectivity index (χ1v) is 10.6. The lowest BCUT2D eigenvalue weighted by molar-refractivity contribution is -0.122. The monoisotopic (exact) mass is 474 g/mol. The van der Waals surface area contributed by atoms with Gasteiger partial charge >= 0.3 is 0 Å². The van der Waals surface area contributed by atoms with Gasteiger partial charge in [-0.05, 0) is 71.3 Å². The molecule has 0 aliphatic carbocycles. The molecule has 29 heavy (non-hydrogen) atoms. The van der Waals surface area contributed by atoms with Crippen LogP contribution in [0, 0.1) is 0 Å². The van der Waals surface area contributed by atoms with Crippen LogP contribution in [-0.2, 0) is 11.4 Å². The third-order valence-electron chi connectivity index (χ3n) is 4.52. The summed E-state index contributed by atoms with van der Waals surface area (Å²) in [5.74, 6) is 1.15. The van der Waals surface area contributed by atoms with Crippen molar-refractivity contribution in [2.24, 2.45) is 0 Å². The standard InChI is InChI=1S/C22H23BrN2O3S/c1-4-25-21(26)18(24(3)22(25)29)12-16-11-17(23)20(19(13-16)27-5-2)28-14-15-9-7-6-8-10-15/h6-13H,4-5,14H2,1-3H3/b18-12-. The smallest absolute Gasteiger partial charge is 0.276 e. The van der Waals surface area contributed by atoms with Crippen molar-refractivity contribution in [1.29, 1.82) is 0 Å². The maximum Gasteiger partial charge on any atom is 0.276 e. The zero-order chi connectivity index (χ0) is 21.0. The number of carbonyl (C=O) groups excluding carboxylic acids is 1. The van der Waals surface area contributed by atoms with E-state index in [1.165, 1.54) is 0 Å². The summed E-state index contributed by atoms with van der Waals surface area (Å²) in [5, 5.41) is 0.510. The molecular formula is C22H23BrN2O3S. The number of likely N-dealkylation sites (N-methyl/N-ethyl adjacent to an activating group) is 2. The summed E-state index contributed by atoms with van der Waals surface area (Å²) < 4.78 is 12.6. The number of benzene rings is 2. The molecule has 7 heteroatoms. The number of ether oxygens (including phenoxy) is 2. The average Bonchev–Trinajstić information content (AvgIpc) is 2.91. The van der Waals surface area contributed by atoms with Gasteiger partial charge in [0.2, 0.25) is 0 Å². The highest BCUT2D eigenvalue weighted by molar-refractivity contribution is 9.10. The molecule has 152 valence electrons. The molecule has 1 aliphatic heterocycles. The van der Waals surface area contributed by atoms with Crippen molar-refractivity contribution >= 4 is 45.2 Å². The molecule has 0 bridgehead atoms. The molecular weight excluding hydrogens is 452 g/mol. The Balaban J connectivity index is 1.91. The summed E-state index contributed by atoms with van der Waals surface area (Å²) in [6.45, 7) is 5.30. The summed E-state index contributed by atoms with van der Waals surface area (Å²) in [7, 11) is 1.80. The number of halogens is 1. The van der Waals surface area contributed by atoms with E-state index >= 15 is 0 Å². The Morgan fingerprint density at radius 1 is 1.14 bits per heavy atom. The molecule has 0 N–H and O–H groups in total. The largest absolute Gasteiger partial charge is 0.490 e. The topological polar surface area (TPSA) is 42.0 Å². The van der Waals surface area contributed by atoms with Crippen molar-refractivity contribution in [3.05, 3.63) is 63.8 Å². The van der Waals surface area contributed by atoms with Gasteiger partial charge < -0.3 is 14.4 Å². The molecule has 1 amide bonds. The SMILES string of the molecule is CCOc1cc(/C=C2/C(=O)N(CC)C(=S)N2C)cc(Br)c1OCc1ccccc1. The molecule has 1 saturated heterocycles. The van der Waals surface area contributed by atoms with Gasteiger partial charge in [0.05, 0.1) is 11.1 Å². The van der Waals surface area contributed by atoms with Gasteiger partial charge in [-0.1, -0.05) is 30.3 Å². The molecule has 1 aliphatic rings. The second-order valence-electron chi connectivity index (χ2n) is 6.46. The van der Waals surface area contributed by atoms with Gasteiger partial charge in [0.1, 0.15) is 12.3 Å². The van der Waals surface area contributed by atoms with E-state index in [0.717, 1.165) is 15.6 Å². The number of hydrogen-bond donors (Lipinski definition) is 0. The quantitative estimate of drug-likeness (QED) is 0.423. The van der Waals surface area contributed by atoms with E-state index in [9.17, 15) is 4.79 Å². The van der Waals surface area contributed by atoms with Crippen molar-refractivity contribution < 1.29 is 14.3 Å². The molecule has 2 aromatic rings. The Kier molecular flexibility index (Phi) is 6.92. The van der Waals surface area contributed by atoms with Crippen LogP contribution in [-0.4, -0.2) is 41.0 Å². The lowest BCUT2D eigenvalue weighted by atomic mass is 10.1. The van der Waals surface area contributed by atoms with Crippen LogP contribution >= 0.6 is 28.1 Å². The van der Waals surface area contributed by atoms with E-state index in [2.05, 4.69) is 15.9 Å². The molecule has 0 radical (unpaired) electrons. The Morgan fingerprint density at radius 2 is 1.86 bits per heavy atom. The van der Waals surface area contributed by atoms with Gasteiger partial charge in [0.25, 0.3) is 5.91 Å². The van der Waals surface area contributed by atoms with Crippen molar-refractivity contribution in [3.8, 4) is 11.5 Å². The summed E-state index contributed by atoms with van der Waals surface area (Å²) >= 11 is 8.95. The molecule has 0 atom stereocenters. The highest BCUT2D eigenvalue weighted by Crippen LogP contribution is 2.38. The Morgan fingerprint density at radius 3 is 2.48 bits per heavy atom. The third-order valence-corrected chi connectivity index (χ3v) is 5.60. The van der Waals surface area contributed by atoms with Crippen LogP contribution in [0.4, 0.5) is 0 Å². The summed E-state index contributed by atoms with van der Waals surface area (Å²) in [6, 6.07) is 13.7. The van der Waals surface area contributed by atoms with Gasteiger partial charge in [0, 0.05) is 13.6 Å². The molecule has 0 saturated carbocycles. The Hall–Kier alpha value is -2.38. The number of thiocarbonyl (C=S) groups is 1. The van der Waals surface area contributed by atoms with Crippen molar-refractivity contribution in [1.82, 2.24) is 9.80 Å². The van der Waals surface area contributed by atoms with Crippen LogP contribution in [0.5, 0.6) is 11.5 Å². The minimum Gasteiger partial charge on any atom is -0.490 e. The minimum absolute atomic E-state index is 0.0986. The molecule has 1 heterocycles. The normalized spacial score (nSPS) is 15.4. The lowest BCUT2D eigenvalue weighted by Crippen LogP contribution is -2.30. The van der Waals surface area contributed by atoms with Crippen LogP contribution < -0.4 is 9.47 Å². The first-order valence-electron chi connectivity index (χ1n) is 9.40. The van der Waals surface area contributed by atoms with Crippen molar-refractivity contribution in [3.63, 3.8) is 0 Å². The first-order chi connectivity index (χ1) is 14.0. The fourth-order valence-corrected chi connectivity index (χ4v) is 3.94. The van der Waals surface area contributed by atoms with E-state index < -0.39 is 0 Å². The molecule has 0 unspecified atom stereocenters. The second-order valence-corrected chi connectivity index (χ2v) is 7.68. The maximum absolute atomic E-state index is 12.6. The number of rotatable bonds is 7. The van der Waals surface area contributed by atoms with Crippen LogP contribution in [0.1, 0.15) is 25.0 Å². The second kappa shape index (κ2) is 9.41. The number of amides is 1. The number of hydrogen-bond acceptors (Lipinski definition) is 4. The zero-order valence-electron chi connectivity index (χ0n) is 16.6. The fraction of sp³-hybridized carbons (Fsp3) is 0.273. The van der Waals surface area contributed by atoms with E-state index in [-0.39, 0.29) is 5.91 Å². The summed E-state index contributed by atoms with van der Waals surface area (Å²) in [6.07, 6.45) is 1.82. The Labute approximate surface area is 185 Å². The fourth-order valence-electron chi connectivity index (χ4n) is 3.05. The van der Waals surface area contributed by atoms with Gasteiger partial charge in [0.15, 0.2) is 16.6 Å². The number of nitrogens with zero attached hydrogens (tertiary/aromatic N) is 2. The Bertz CT molecular complexity index is 947. The van der Waals surface area contributed by atoms with Gasteiger partial charge in [-0.25, -0.2) is 0 Å². The lowest BCUT2D eigenvalue weighted by Gasteiger charge is -2.15. The summed E-state index contributed by atoms with van der Waals surface area (Å²) in [4.78, 5) is 16.0. The predicted molar refractivity (Wildman–Crippen MR) is 122 cm³/mol. The molecule has 2 aromatic carbocycles. The van der Waals surface area contributed by atoms with E-state index in [1.54, 1.807) is 16.8 Å². The van der Waals surface area contributed by atoms with Crippen LogP contribution in [0.3, 0.4) is 0 Å². The maximum atomic E-state index is 12.6. The van der Waals surface area contributed by atoms with E-state index in [1.807, 2.05) is 62.4 Å². The van der Waals surface area contributed by atoms with E-state index in [0.29, 0.717) is 42.1 Å². The summed E-state index contributed by atoms with van der Waals surface area (Å²) in [5.41, 5.74) is 2.42. The van der Waals surface area contributed by atoms with Crippen LogP contribution in [0.2, 0.25) is 0 Å². The van der Waals surface area contributed by atoms with Gasteiger partial charge in [-0.3, -0.25) is 9.69 Å². The molecule has 5 nitrogen and oxygen atoms in total. The average molecular weight is 475 g/mol. The van der Waals surface area contributed by atoms with Gasteiger partial charge in [-0.15, -0.1) is 0 Å². The molecule has 0 spiro atoms. The van der Waals surface area contributed by atoms with Crippen molar-refractivity contribution in [2.45, 2.75) is 20.5 Å². The van der Waals surface area contributed by atoms with Crippen LogP contribution in [0.25, 0.3) is 6.08 Å². The molecule has 0 aromatic heterocycles. The van der Waals surface area contributed by atoms with Gasteiger partial charge in [-0.2, -0.15) is 0 Å². The number of carbonyl (C=O) groups is 1. The predicted octanol–water partition coefficient (Wildman–Crippen LogP) is 4.85. The van der Waals surface area contributed by atoms with E-state index in [4.69, 9.17) is 21.7 Å². The highest BCUT2D eigenvalue weighted by Gasteiger charge is 2.34.